The van der Waals surface area contributed by atoms with Crippen LogP contribution in [-0.2, 0) is 17.8 Å². The van der Waals surface area contributed by atoms with Gasteiger partial charge < -0.3 is 4.57 Å². The first-order chi connectivity index (χ1) is 16.9. The molecule has 3 heterocycles. The largest absolute Gasteiger partial charge is 0.451 e. The van der Waals surface area contributed by atoms with E-state index in [1.165, 1.54) is 12.1 Å². The van der Waals surface area contributed by atoms with E-state index in [-0.39, 0.29) is 11.0 Å². The Morgan fingerprint density at radius 3 is 2.00 bits per heavy atom. The summed E-state index contributed by atoms with van der Waals surface area (Å²) in [6.07, 6.45) is -10.3. The molecule has 0 saturated heterocycles. The fourth-order valence-corrected chi connectivity index (χ4v) is 5.06. The molecular formula is C26H16F6N4. The van der Waals surface area contributed by atoms with E-state index in [9.17, 15) is 26.3 Å². The van der Waals surface area contributed by atoms with Gasteiger partial charge in [-0.1, -0.05) is 50.2 Å². The summed E-state index contributed by atoms with van der Waals surface area (Å²) in [5, 5.41) is 1.49. The molecule has 1 aliphatic heterocycles. The number of alkyl halides is 6. The van der Waals surface area contributed by atoms with Gasteiger partial charge in [0.05, 0.1) is 16.7 Å². The van der Waals surface area contributed by atoms with Crippen molar-refractivity contribution in [2.45, 2.75) is 31.6 Å². The lowest BCUT2D eigenvalue weighted by molar-refractivity contribution is -0.155. The number of para-hydroxylation sites is 2. The summed E-state index contributed by atoms with van der Waals surface area (Å²) in [4.78, 5) is 9.29. The maximum atomic E-state index is 13.3. The maximum Gasteiger partial charge on any atom is 0.451 e. The molecule has 36 heavy (non-hydrogen) atoms. The number of aromatic nitrogens is 4. The molecule has 3 aromatic carbocycles. The van der Waals surface area contributed by atoms with Crippen molar-refractivity contribution in [3.63, 3.8) is 0 Å². The van der Waals surface area contributed by atoms with E-state index in [2.05, 4.69) is 39.4 Å². The van der Waals surface area contributed by atoms with Crippen LogP contribution in [0.25, 0.3) is 38.9 Å². The Hall–Kier alpha value is -3.95. The minimum Gasteiger partial charge on any atom is -0.309 e. The molecule has 0 amide bonds. The van der Waals surface area contributed by atoms with E-state index in [4.69, 9.17) is 0 Å². The van der Waals surface area contributed by atoms with Crippen molar-refractivity contribution in [3.8, 4) is 17.1 Å². The van der Waals surface area contributed by atoms with Gasteiger partial charge in [0.15, 0.2) is 5.82 Å². The van der Waals surface area contributed by atoms with Crippen LogP contribution in [-0.4, -0.2) is 19.5 Å². The molecule has 0 N–H and O–H groups in total. The van der Waals surface area contributed by atoms with Gasteiger partial charge in [0.2, 0.25) is 11.6 Å². The molecule has 2 aromatic heterocycles. The third-order valence-corrected chi connectivity index (χ3v) is 6.68. The van der Waals surface area contributed by atoms with E-state index in [0.29, 0.717) is 5.39 Å². The number of benzene rings is 3. The van der Waals surface area contributed by atoms with Crippen molar-refractivity contribution >= 4 is 21.8 Å². The highest BCUT2D eigenvalue weighted by molar-refractivity contribution is 6.12. The summed E-state index contributed by atoms with van der Waals surface area (Å²) in [5.74, 6) is -4.48. The second-order valence-corrected chi connectivity index (χ2v) is 9.21. The van der Waals surface area contributed by atoms with Crippen LogP contribution in [0.1, 0.15) is 36.6 Å². The minimum atomic E-state index is -5.17. The average Bonchev–Trinajstić information content (AvgIpc) is 3.16. The van der Waals surface area contributed by atoms with Crippen LogP contribution in [0.3, 0.4) is 0 Å². The standard InChI is InChI=1S/C26H16F6N4/c1-24(2)16-7-3-4-9-19(16)36-18-11-10-13(12-15(18)14-6-5-8-17(24)20(14)36)21-33-22(25(27,28)29)35-23(34-21)26(30,31)32/h3-12H,1-2H3. The van der Waals surface area contributed by atoms with Gasteiger partial charge in [-0.2, -0.15) is 26.3 Å². The molecule has 0 aliphatic carbocycles. The molecule has 0 bridgehead atoms. The number of halogens is 6. The third-order valence-electron chi connectivity index (χ3n) is 6.68. The predicted molar refractivity (Wildman–Crippen MR) is 122 cm³/mol. The van der Waals surface area contributed by atoms with Crippen molar-refractivity contribution < 1.29 is 26.3 Å². The number of hydrogen-bond donors (Lipinski definition) is 0. The fraction of sp³-hybridized carbons (Fsp3) is 0.192. The van der Waals surface area contributed by atoms with Gasteiger partial charge >= 0.3 is 12.4 Å². The second kappa shape index (κ2) is 7.05. The molecule has 0 atom stereocenters. The predicted octanol–water partition coefficient (Wildman–Crippen LogP) is 7.31. The van der Waals surface area contributed by atoms with Gasteiger partial charge in [0, 0.05) is 21.8 Å². The highest BCUT2D eigenvalue weighted by Crippen LogP contribution is 2.47. The zero-order chi connectivity index (χ0) is 25.6. The number of hydrogen-bond acceptors (Lipinski definition) is 3. The van der Waals surface area contributed by atoms with Crippen LogP contribution in [0.5, 0.6) is 0 Å². The number of rotatable bonds is 1. The van der Waals surface area contributed by atoms with Gasteiger partial charge in [-0.15, -0.1) is 0 Å². The smallest absolute Gasteiger partial charge is 0.309 e. The lowest BCUT2D eigenvalue weighted by Gasteiger charge is -2.34. The normalized spacial score (nSPS) is 14.9. The molecule has 0 spiro atoms. The minimum absolute atomic E-state index is 0.0251. The number of fused-ring (bicyclic) bond motifs is 5. The Morgan fingerprint density at radius 2 is 1.33 bits per heavy atom. The van der Waals surface area contributed by atoms with Gasteiger partial charge in [-0.25, -0.2) is 15.0 Å². The topological polar surface area (TPSA) is 43.6 Å². The maximum absolute atomic E-state index is 13.3. The highest BCUT2D eigenvalue weighted by atomic mass is 19.4. The summed E-state index contributed by atoms with van der Waals surface area (Å²) in [7, 11) is 0. The van der Waals surface area contributed by atoms with Crippen LogP contribution in [0.2, 0.25) is 0 Å². The van der Waals surface area contributed by atoms with Crippen molar-refractivity contribution in [2.75, 3.05) is 0 Å². The zero-order valence-electron chi connectivity index (χ0n) is 18.8. The van der Waals surface area contributed by atoms with E-state index >= 15 is 0 Å². The number of nitrogens with zero attached hydrogens (tertiary/aromatic N) is 4. The first kappa shape index (κ1) is 22.5. The van der Waals surface area contributed by atoms with Gasteiger partial charge in [0.25, 0.3) is 0 Å². The van der Waals surface area contributed by atoms with Crippen LogP contribution in [0.4, 0.5) is 26.3 Å². The van der Waals surface area contributed by atoms with Crippen molar-refractivity contribution in [1.29, 1.82) is 0 Å². The molecule has 0 unspecified atom stereocenters. The zero-order valence-corrected chi connectivity index (χ0v) is 18.8. The summed E-state index contributed by atoms with van der Waals surface area (Å²) >= 11 is 0. The van der Waals surface area contributed by atoms with Crippen LogP contribution < -0.4 is 0 Å². The third kappa shape index (κ3) is 3.13. The van der Waals surface area contributed by atoms with Gasteiger partial charge in [-0.3, -0.25) is 0 Å². The lowest BCUT2D eigenvalue weighted by atomic mass is 9.75. The molecule has 0 radical (unpaired) electrons. The Labute approximate surface area is 200 Å². The molecule has 182 valence electrons. The summed E-state index contributed by atoms with van der Waals surface area (Å²) in [6, 6.07) is 18.4. The Kier molecular flexibility index (Phi) is 4.41. The van der Waals surface area contributed by atoms with E-state index < -0.39 is 29.8 Å². The molecule has 0 fully saturated rings. The molecule has 4 nitrogen and oxygen atoms in total. The summed E-state index contributed by atoms with van der Waals surface area (Å²) < 4.78 is 81.9. The van der Waals surface area contributed by atoms with E-state index in [1.54, 1.807) is 6.07 Å². The Bertz CT molecular complexity index is 1660. The van der Waals surface area contributed by atoms with E-state index in [1.807, 2.05) is 36.4 Å². The van der Waals surface area contributed by atoms with Gasteiger partial charge in [-0.05, 0) is 35.4 Å². The summed E-state index contributed by atoms with van der Waals surface area (Å²) in [5.41, 5.74) is 4.55. The quantitative estimate of drug-likeness (QED) is 0.228. The average molecular weight is 498 g/mol. The molecule has 10 heteroatoms. The SMILES string of the molecule is CC1(C)c2ccccc2-n2c3ccc(-c4nc(C(F)(F)F)nc(C(F)(F)F)n4)cc3c3cccc1c32. The van der Waals surface area contributed by atoms with Crippen molar-refractivity contribution in [3.05, 3.63) is 83.4 Å². The van der Waals surface area contributed by atoms with Gasteiger partial charge in [0.1, 0.15) is 0 Å². The Morgan fingerprint density at radius 1 is 0.694 bits per heavy atom. The lowest BCUT2D eigenvalue weighted by Crippen LogP contribution is -2.26. The Balaban J connectivity index is 1.66. The molecule has 6 rings (SSSR count). The molecular weight excluding hydrogens is 482 g/mol. The van der Waals surface area contributed by atoms with Crippen LogP contribution in [0, 0.1) is 0 Å². The van der Waals surface area contributed by atoms with Crippen molar-refractivity contribution in [1.82, 2.24) is 19.5 Å². The first-order valence-corrected chi connectivity index (χ1v) is 11.0. The fourth-order valence-electron chi connectivity index (χ4n) is 5.06. The van der Waals surface area contributed by atoms with E-state index in [0.717, 1.165) is 33.2 Å². The van der Waals surface area contributed by atoms with Crippen molar-refractivity contribution in [2.24, 2.45) is 0 Å². The second-order valence-electron chi connectivity index (χ2n) is 9.21. The monoisotopic (exact) mass is 498 g/mol. The highest BCUT2D eigenvalue weighted by Gasteiger charge is 2.42. The van der Waals surface area contributed by atoms with Crippen LogP contribution in [0.15, 0.2) is 60.7 Å². The summed E-state index contributed by atoms with van der Waals surface area (Å²) in [6.45, 7) is 4.24. The first-order valence-electron chi connectivity index (χ1n) is 11.0. The molecule has 5 aromatic rings. The molecule has 0 saturated carbocycles. The molecule has 1 aliphatic rings. The van der Waals surface area contributed by atoms with Crippen LogP contribution >= 0.6 is 0 Å².